The van der Waals surface area contributed by atoms with Crippen molar-refractivity contribution in [2.45, 2.75) is 6.42 Å². The van der Waals surface area contributed by atoms with Crippen LogP contribution < -0.4 is 9.47 Å². The van der Waals surface area contributed by atoms with Crippen LogP contribution in [0, 0.1) is 11.3 Å². The number of nitriles is 1. The minimum absolute atomic E-state index is 0.204. The van der Waals surface area contributed by atoms with E-state index >= 15 is 0 Å². The van der Waals surface area contributed by atoms with Crippen LogP contribution in [0.15, 0.2) is 18.2 Å². The predicted octanol–water partition coefficient (Wildman–Crippen LogP) is 1.23. The molecular formula is C15H18N2O5. The van der Waals surface area contributed by atoms with E-state index in [1.807, 2.05) is 6.07 Å². The SMILES string of the molecule is COc1ccc(C(=O)OCC(=O)N(C)CCC#N)c(OC)c1. The van der Waals surface area contributed by atoms with Gasteiger partial charge in [-0.2, -0.15) is 5.26 Å². The summed E-state index contributed by atoms with van der Waals surface area (Å²) in [5.41, 5.74) is 0.204. The molecule has 0 saturated carbocycles. The first kappa shape index (κ1) is 17.3. The van der Waals surface area contributed by atoms with Gasteiger partial charge in [-0.15, -0.1) is 0 Å². The van der Waals surface area contributed by atoms with E-state index in [0.29, 0.717) is 18.0 Å². The smallest absolute Gasteiger partial charge is 0.342 e. The number of methoxy groups -OCH3 is 2. The Bertz CT molecular complexity index is 580. The lowest BCUT2D eigenvalue weighted by Gasteiger charge is -2.15. The van der Waals surface area contributed by atoms with Crippen molar-refractivity contribution < 1.29 is 23.8 Å². The van der Waals surface area contributed by atoms with Gasteiger partial charge in [-0.3, -0.25) is 4.79 Å². The molecule has 7 heteroatoms. The van der Waals surface area contributed by atoms with Crippen LogP contribution in [0.4, 0.5) is 0 Å². The zero-order valence-electron chi connectivity index (χ0n) is 12.8. The molecule has 1 amide bonds. The summed E-state index contributed by atoms with van der Waals surface area (Å²) in [6, 6.07) is 6.59. The summed E-state index contributed by atoms with van der Waals surface area (Å²) in [7, 11) is 4.47. The first-order valence-electron chi connectivity index (χ1n) is 6.53. The molecule has 0 N–H and O–H groups in total. The fraction of sp³-hybridized carbons (Fsp3) is 0.400. The molecule has 0 heterocycles. The lowest BCUT2D eigenvalue weighted by Crippen LogP contribution is -2.32. The molecule has 0 aliphatic heterocycles. The second-order valence-electron chi connectivity index (χ2n) is 4.37. The summed E-state index contributed by atoms with van der Waals surface area (Å²) >= 11 is 0. The second-order valence-corrected chi connectivity index (χ2v) is 4.37. The predicted molar refractivity (Wildman–Crippen MR) is 77.7 cm³/mol. The number of hydrogen-bond acceptors (Lipinski definition) is 6. The standard InChI is InChI=1S/C15H18N2O5/c1-17(8-4-7-16)14(18)10-22-15(19)12-6-5-11(20-2)9-13(12)21-3/h5-6,9H,4,8,10H2,1-3H3. The van der Waals surface area contributed by atoms with Gasteiger partial charge in [0.05, 0.1) is 26.7 Å². The number of amides is 1. The van der Waals surface area contributed by atoms with Crippen molar-refractivity contribution in [1.29, 1.82) is 5.26 Å². The van der Waals surface area contributed by atoms with E-state index in [1.54, 1.807) is 19.2 Å². The van der Waals surface area contributed by atoms with Crippen LogP contribution >= 0.6 is 0 Å². The third-order valence-electron chi connectivity index (χ3n) is 2.94. The maximum atomic E-state index is 12.0. The van der Waals surface area contributed by atoms with Crippen molar-refractivity contribution in [3.63, 3.8) is 0 Å². The Morgan fingerprint density at radius 1 is 1.27 bits per heavy atom. The van der Waals surface area contributed by atoms with Gasteiger partial charge in [0.1, 0.15) is 17.1 Å². The van der Waals surface area contributed by atoms with Crippen molar-refractivity contribution in [3.8, 4) is 17.6 Å². The largest absolute Gasteiger partial charge is 0.497 e. The molecule has 0 fully saturated rings. The Morgan fingerprint density at radius 3 is 2.59 bits per heavy atom. The van der Waals surface area contributed by atoms with Crippen molar-refractivity contribution >= 4 is 11.9 Å². The molecule has 118 valence electrons. The Hall–Kier alpha value is -2.75. The Balaban J connectivity index is 2.66. The van der Waals surface area contributed by atoms with E-state index in [0.717, 1.165) is 0 Å². The third-order valence-corrected chi connectivity index (χ3v) is 2.94. The Labute approximate surface area is 129 Å². The molecule has 0 aliphatic carbocycles. The molecule has 0 spiro atoms. The number of esters is 1. The minimum Gasteiger partial charge on any atom is -0.497 e. The normalized spacial score (nSPS) is 9.55. The first-order chi connectivity index (χ1) is 10.5. The fourth-order valence-corrected chi connectivity index (χ4v) is 1.62. The number of ether oxygens (including phenoxy) is 3. The molecule has 1 rings (SSSR count). The number of carbonyl (C=O) groups excluding carboxylic acids is 2. The topological polar surface area (TPSA) is 88.9 Å². The zero-order chi connectivity index (χ0) is 16.5. The average molecular weight is 306 g/mol. The molecule has 7 nitrogen and oxygen atoms in total. The molecule has 0 aliphatic rings. The summed E-state index contributed by atoms with van der Waals surface area (Å²) in [6.45, 7) is -0.102. The molecule has 0 unspecified atom stereocenters. The molecule has 22 heavy (non-hydrogen) atoms. The lowest BCUT2D eigenvalue weighted by atomic mass is 10.2. The van der Waals surface area contributed by atoms with Gasteiger partial charge in [0, 0.05) is 19.7 Å². The Kier molecular flexibility index (Phi) is 6.70. The van der Waals surface area contributed by atoms with E-state index in [9.17, 15) is 9.59 Å². The van der Waals surface area contributed by atoms with E-state index in [2.05, 4.69) is 0 Å². The quantitative estimate of drug-likeness (QED) is 0.704. The van der Waals surface area contributed by atoms with E-state index in [-0.39, 0.29) is 17.9 Å². The van der Waals surface area contributed by atoms with Gasteiger partial charge in [0.25, 0.3) is 5.91 Å². The summed E-state index contributed by atoms with van der Waals surface area (Å²) < 4.78 is 15.1. The van der Waals surface area contributed by atoms with Crippen LogP contribution in [0.5, 0.6) is 11.5 Å². The van der Waals surface area contributed by atoms with Gasteiger partial charge in [0.15, 0.2) is 6.61 Å². The minimum atomic E-state index is -0.665. The number of carbonyl (C=O) groups is 2. The highest BCUT2D eigenvalue weighted by Crippen LogP contribution is 2.25. The molecule has 1 aromatic rings. The number of nitrogens with zero attached hydrogens (tertiary/aromatic N) is 2. The third kappa shape index (κ3) is 4.66. The monoisotopic (exact) mass is 306 g/mol. The fourth-order valence-electron chi connectivity index (χ4n) is 1.62. The molecule has 0 radical (unpaired) electrons. The van der Waals surface area contributed by atoms with Crippen LogP contribution in [-0.2, 0) is 9.53 Å². The van der Waals surface area contributed by atoms with Crippen LogP contribution in [0.2, 0.25) is 0 Å². The summed E-state index contributed by atoms with van der Waals surface area (Å²) in [6.07, 6.45) is 0.225. The molecule has 1 aromatic carbocycles. The highest BCUT2D eigenvalue weighted by atomic mass is 16.5. The molecular weight excluding hydrogens is 288 g/mol. The Morgan fingerprint density at radius 2 is 2.00 bits per heavy atom. The highest BCUT2D eigenvalue weighted by Gasteiger charge is 2.17. The number of hydrogen-bond donors (Lipinski definition) is 0. The van der Waals surface area contributed by atoms with Gasteiger partial charge in [-0.25, -0.2) is 4.79 Å². The van der Waals surface area contributed by atoms with Crippen molar-refractivity contribution in [3.05, 3.63) is 23.8 Å². The lowest BCUT2D eigenvalue weighted by molar-refractivity contribution is -0.133. The van der Waals surface area contributed by atoms with E-state index < -0.39 is 12.6 Å². The average Bonchev–Trinajstić information content (AvgIpc) is 2.56. The van der Waals surface area contributed by atoms with Gasteiger partial charge in [0.2, 0.25) is 0 Å². The molecule has 0 atom stereocenters. The summed E-state index contributed by atoms with van der Waals surface area (Å²) in [5.74, 6) is -0.201. The van der Waals surface area contributed by atoms with Gasteiger partial charge in [-0.05, 0) is 12.1 Å². The zero-order valence-corrected chi connectivity index (χ0v) is 12.8. The second kappa shape index (κ2) is 8.52. The van der Waals surface area contributed by atoms with Crippen LogP contribution in [0.1, 0.15) is 16.8 Å². The van der Waals surface area contributed by atoms with Crippen molar-refractivity contribution in [2.75, 3.05) is 34.4 Å². The summed E-state index contributed by atoms with van der Waals surface area (Å²) in [5, 5.41) is 8.47. The maximum absolute atomic E-state index is 12.0. The van der Waals surface area contributed by atoms with E-state index in [4.69, 9.17) is 19.5 Å². The number of rotatable bonds is 7. The van der Waals surface area contributed by atoms with Crippen LogP contribution in [-0.4, -0.2) is 51.2 Å². The highest BCUT2D eigenvalue weighted by molar-refractivity contribution is 5.94. The first-order valence-corrected chi connectivity index (χ1v) is 6.53. The van der Waals surface area contributed by atoms with Gasteiger partial charge >= 0.3 is 5.97 Å². The number of likely N-dealkylation sites (N-methyl/N-ethyl adjacent to an activating group) is 1. The van der Waals surface area contributed by atoms with Gasteiger partial charge < -0.3 is 19.1 Å². The van der Waals surface area contributed by atoms with E-state index in [1.165, 1.54) is 25.2 Å². The van der Waals surface area contributed by atoms with Crippen molar-refractivity contribution in [1.82, 2.24) is 4.90 Å². The molecule has 0 bridgehead atoms. The summed E-state index contributed by atoms with van der Waals surface area (Å²) in [4.78, 5) is 25.1. The van der Waals surface area contributed by atoms with Crippen LogP contribution in [0.3, 0.4) is 0 Å². The van der Waals surface area contributed by atoms with Crippen molar-refractivity contribution in [2.24, 2.45) is 0 Å². The number of benzene rings is 1. The molecule has 0 aromatic heterocycles. The maximum Gasteiger partial charge on any atom is 0.342 e. The molecule has 0 saturated heterocycles. The van der Waals surface area contributed by atoms with Crippen LogP contribution in [0.25, 0.3) is 0 Å². The van der Waals surface area contributed by atoms with Gasteiger partial charge in [-0.1, -0.05) is 0 Å².